The van der Waals surface area contributed by atoms with Gasteiger partial charge >= 0.3 is 0 Å². The molecule has 1 amide bonds. The number of hydrogen-bond acceptors (Lipinski definition) is 4. The van der Waals surface area contributed by atoms with Crippen LogP contribution in [0.2, 0.25) is 0 Å². The summed E-state index contributed by atoms with van der Waals surface area (Å²) in [4.78, 5) is 12.6. The zero-order valence-electron chi connectivity index (χ0n) is 15.9. The van der Waals surface area contributed by atoms with Gasteiger partial charge in [0.2, 0.25) is 5.91 Å². The highest BCUT2D eigenvalue weighted by Crippen LogP contribution is 2.24. The van der Waals surface area contributed by atoms with E-state index in [1.54, 1.807) is 7.11 Å². The third kappa shape index (κ3) is 4.75. The summed E-state index contributed by atoms with van der Waals surface area (Å²) in [7, 11) is 1.26. The number of ether oxygens (including phenoxy) is 1. The molecule has 26 heavy (non-hydrogen) atoms. The van der Waals surface area contributed by atoms with Crippen molar-refractivity contribution in [3.63, 3.8) is 0 Å². The second kappa shape index (κ2) is 8.83. The molecule has 2 rings (SSSR count). The first-order valence-corrected chi connectivity index (χ1v) is 10.3. The minimum absolute atomic E-state index is 0.00503. The summed E-state index contributed by atoms with van der Waals surface area (Å²) in [5.41, 5.74) is 1.04. The molecule has 1 atom stereocenters. The van der Waals surface area contributed by atoms with Crippen molar-refractivity contribution in [2.24, 2.45) is 5.92 Å². The molecular weight excluding hydrogens is 354 g/mol. The first kappa shape index (κ1) is 20.7. The molecule has 1 saturated heterocycles. The van der Waals surface area contributed by atoms with Crippen molar-refractivity contribution < 1.29 is 17.9 Å². The van der Waals surface area contributed by atoms with E-state index in [4.69, 9.17) is 4.74 Å². The Bertz CT molecular complexity index is 696. The van der Waals surface area contributed by atoms with Crippen LogP contribution < -0.4 is 10.1 Å². The highest BCUT2D eigenvalue weighted by atomic mass is 32.2. The molecule has 1 aromatic carbocycles. The van der Waals surface area contributed by atoms with E-state index in [1.165, 1.54) is 22.7 Å². The van der Waals surface area contributed by atoms with Crippen LogP contribution in [0.1, 0.15) is 37.8 Å². The van der Waals surface area contributed by atoms with Crippen LogP contribution in [-0.2, 0) is 15.0 Å². The fourth-order valence-corrected chi connectivity index (χ4v) is 4.26. The van der Waals surface area contributed by atoms with Crippen molar-refractivity contribution in [2.45, 2.75) is 32.2 Å². The van der Waals surface area contributed by atoms with E-state index < -0.39 is 10.2 Å². The number of hydrogen-bond donors (Lipinski definition) is 1. The van der Waals surface area contributed by atoms with Crippen LogP contribution >= 0.6 is 0 Å². The number of methoxy groups -OCH3 is 1. The Labute approximate surface area is 156 Å². The molecule has 0 saturated carbocycles. The maximum atomic E-state index is 12.6. The molecule has 1 heterocycles. The molecule has 146 valence electrons. The monoisotopic (exact) mass is 383 g/mol. The van der Waals surface area contributed by atoms with Gasteiger partial charge in [-0.2, -0.15) is 17.0 Å². The third-order valence-electron chi connectivity index (χ3n) is 4.86. The molecule has 1 N–H and O–H groups in total. The summed E-state index contributed by atoms with van der Waals surface area (Å²) in [6.07, 6.45) is 1.86. The summed E-state index contributed by atoms with van der Waals surface area (Å²) in [5, 5.41) is 3.11. The lowest BCUT2D eigenvalue weighted by molar-refractivity contribution is -0.126. The topological polar surface area (TPSA) is 79.0 Å². The van der Waals surface area contributed by atoms with Gasteiger partial charge in [-0.05, 0) is 37.0 Å². The molecule has 8 heteroatoms. The fraction of sp³-hybridized carbons (Fsp3) is 0.611. The smallest absolute Gasteiger partial charge is 0.281 e. The number of piperidine rings is 1. The van der Waals surface area contributed by atoms with Gasteiger partial charge in [0.15, 0.2) is 0 Å². The Morgan fingerprint density at radius 3 is 2.31 bits per heavy atom. The average Bonchev–Trinajstić information content (AvgIpc) is 2.66. The normalized spacial score (nSPS) is 17.9. The van der Waals surface area contributed by atoms with Crippen LogP contribution in [0.3, 0.4) is 0 Å². The van der Waals surface area contributed by atoms with Gasteiger partial charge in [0, 0.05) is 33.1 Å². The van der Waals surface area contributed by atoms with Crippen LogP contribution in [0.4, 0.5) is 0 Å². The highest BCUT2D eigenvalue weighted by Gasteiger charge is 2.32. The second-order valence-electron chi connectivity index (χ2n) is 6.71. The number of amides is 1. The van der Waals surface area contributed by atoms with Gasteiger partial charge in [-0.25, -0.2) is 0 Å². The van der Waals surface area contributed by atoms with E-state index in [0.29, 0.717) is 25.9 Å². The maximum absolute atomic E-state index is 12.6. The van der Waals surface area contributed by atoms with E-state index in [-0.39, 0.29) is 17.9 Å². The number of carbonyl (C=O) groups is 1. The van der Waals surface area contributed by atoms with Gasteiger partial charge < -0.3 is 10.1 Å². The van der Waals surface area contributed by atoms with Gasteiger partial charge in [0.05, 0.1) is 13.2 Å². The summed E-state index contributed by atoms with van der Waals surface area (Å²) >= 11 is 0. The predicted octanol–water partition coefficient (Wildman–Crippen LogP) is 1.78. The second-order valence-corrected chi connectivity index (χ2v) is 8.85. The summed E-state index contributed by atoms with van der Waals surface area (Å²) in [6.45, 7) is 2.78. The van der Waals surface area contributed by atoms with Crippen LogP contribution in [0.15, 0.2) is 24.3 Å². The Balaban J connectivity index is 1.95. The Morgan fingerprint density at radius 2 is 1.85 bits per heavy atom. The zero-order chi connectivity index (χ0) is 19.3. The molecule has 1 aromatic rings. The molecule has 1 aliphatic heterocycles. The van der Waals surface area contributed by atoms with Crippen LogP contribution in [0, 0.1) is 5.92 Å². The Morgan fingerprint density at radius 1 is 1.27 bits per heavy atom. The largest absolute Gasteiger partial charge is 0.497 e. The Kier molecular flexibility index (Phi) is 7.02. The van der Waals surface area contributed by atoms with Gasteiger partial charge in [-0.3, -0.25) is 4.79 Å². The zero-order valence-corrected chi connectivity index (χ0v) is 16.8. The van der Waals surface area contributed by atoms with Gasteiger partial charge in [0.25, 0.3) is 10.2 Å². The molecule has 0 spiro atoms. The van der Waals surface area contributed by atoms with E-state index >= 15 is 0 Å². The van der Waals surface area contributed by atoms with Crippen molar-refractivity contribution >= 4 is 16.1 Å². The predicted molar refractivity (Wildman–Crippen MR) is 101 cm³/mol. The molecule has 0 unspecified atom stereocenters. The van der Waals surface area contributed by atoms with E-state index in [9.17, 15) is 13.2 Å². The minimum atomic E-state index is -3.40. The van der Waals surface area contributed by atoms with Crippen LogP contribution in [0.5, 0.6) is 5.75 Å². The fourth-order valence-electron chi connectivity index (χ4n) is 3.13. The van der Waals surface area contributed by atoms with E-state index in [1.807, 2.05) is 31.2 Å². The van der Waals surface area contributed by atoms with E-state index in [2.05, 4.69) is 5.32 Å². The minimum Gasteiger partial charge on any atom is -0.497 e. The average molecular weight is 384 g/mol. The van der Waals surface area contributed by atoms with Gasteiger partial charge in [-0.1, -0.05) is 19.1 Å². The van der Waals surface area contributed by atoms with Crippen molar-refractivity contribution in [3.8, 4) is 5.75 Å². The maximum Gasteiger partial charge on any atom is 0.281 e. The van der Waals surface area contributed by atoms with Crippen molar-refractivity contribution in [3.05, 3.63) is 29.8 Å². The third-order valence-corrected chi connectivity index (χ3v) is 6.80. The standard InChI is InChI=1S/C18H29N3O4S/c1-5-17(14-6-8-16(25-4)9-7-14)19-18(22)15-10-12-21(13-11-15)26(23,24)20(2)3/h6-9,15,17H,5,10-13H2,1-4H3,(H,19,22)/t17-/m0/s1. The lowest BCUT2D eigenvalue weighted by Crippen LogP contribution is -2.47. The van der Waals surface area contributed by atoms with Crippen LogP contribution in [-0.4, -0.2) is 57.2 Å². The van der Waals surface area contributed by atoms with Crippen LogP contribution in [0.25, 0.3) is 0 Å². The van der Waals surface area contributed by atoms with Gasteiger partial charge in [-0.15, -0.1) is 0 Å². The first-order valence-electron chi connectivity index (χ1n) is 8.91. The molecular formula is C18H29N3O4S. The van der Waals surface area contributed by atoms with Crippen molar-refractivity contribution in [2.75, 3.05) is 34.3 Å². The summed E-state index contributed by atoms with van der Waals surface area (Å²) in [5.74, 6) is 0.620. The van der Waals surface area contributed by atoms with Crippen molar-refractivity contribution in [1.82, 2.24) is 13.9 Å². The number of nitrogens with one attached hydrogen (secondary N) is 1. The number of nitrogens with zero attached hydrogens (tertiary/aromatic N) is 2. The van der Waals surface area contributed by atoms with E-state index in [0.717, 1.165) is 17.7 Å². The molecule has 1 fully saturated rings. The number of benzene rings is 1. The first-order chi connectivity index (χ1) is 12.3. The highest BCUT2D eigenvalue weighted by molar-refractivity contribution is 7.86. The Hall–Kier alpha value is -1.64. The van der Waals surface area contributed by atoms with Crippen molar-refractivity contribution in [1.29, 1.82) is 0 Å². The number of carbonyl (C=O) groups excluding carboxylic acids is 1. The molecule has 0 aromatic heterocycles. The summed E-state index contributed by atoms with van der Waals surface area (Å²) in [6, 6.07) is 7.62. The summed E-state index contributed by atoms with van der Waals surface area (Å²) < 4.78 is 32.2. The molecule has 0 aliphatic carbocycles. The lowest BCUT2D eigenvalue weighted by Gasteiger charge is -2.32. The molecule has 0 bridgehead atoms. The SMILES string of the molecule is CC[C@H](NC(=O)C1CCN(S(=O)(=O)N(C)C)CC1)c1ccc(OC)cc1. The lowest BCUT2D eigenvalue weighted by atomic mass is 9.95. The van der Waals surface area contributed by atoms with Gasteiger partial charge in [0.1, 0.15) is 5.75 Å². The molecule has 7 nitrogen and oxygen atoms in total. The number of rotatable bonds is 7. The quantitative estimate of drug-likeness (QED) is 0.778. The molecule has 0 radical (unpaired) electrons. The molecule has 1 aliphatic rings.